The third-order valence-electron chi connectivity index (χ3n) is 4.76. The predicted molar refractivity (Wildman–Crippen MR) is 94.3 cm³/mol. The molecule has 0 aromatic heterocycles. The highest BCUT2D eigenvalue weighted by Gasteiger charge is 2.33. The Morgan fingerprint density at radius 2 is 1.72 bits per heavy atom. The van der Waals surface area contributed by atoms with Crippen molar-refractivity contribution in [2.45, 2.75) is 25.0 Å². The monoisotopic (exact) mass is 340 g/mol. The first-order valence-electron chi connectivity index (χ1n) is 8.42. The van der Waals surface area contributed by atoms with E-state index in [0.29, 0.717) is 17.9 Å². The fraction of sp³-hybridized carbons (Fsp3) is 0.316. The van der Waals surface area contributed by atoms with Crippen LogP contribution in [0.3, 0.4) is 0 Å². The molecular formula is C19H20N2O4. The molecule has 0 spiro atoms. The van der Waals surface area contributed by atoms with Crippen molar-refractivity contribution in [3.8, 4) is 11.5 Å². The molecule has 2 bridgehead atoms. The van der Waals surface area contributed by atoms with Gasteiger partial charge in [0.2, 0.25) is 0 Å². The standard InChI is InChI=1S/C19H20N2O4/c22-14-5-8-17(18(23)9-14)19(24)20-12-1-3-13(4-2-12)21-10-15-6-7-16(11-21)25-15/h1-5,8-9,15-16,22-23H,6-7,10-11H2,(H,20,24). The van der Waals surface area contributed by atoms with Crippen molar-refractivity contribution in [1.29, 1.82) is 0 Å². The van der Waals surface area contributed by atoms with Gasteiger partial charge >= 0.3 is 0 Å². The van der Waals surface area contributed by atoms with Gasteiger partial charge in [0.05, 0.1) is 17.8 Å². The van der Waals surface area contributed by atoms with E-state index in [1.807, 2.05) is 24.3 Å². The third-order valence-corrected chi connectivity index (χ3v) is 4.76. The van der Waals surface area contributed by atoms with Gasteiger partial charge in [0.1, 0.15) is 11.5 Å². The van der Waals surface area contributed by atoms with E-state index in [2.05, 4.69) is 10.2 Å². The number of benzene rings is 2. The van der Waals surface area contributed by atoms with E-state index in [1.54, 1.807) is 0 Å². The first-order valence-corrected chi connectivity index (χ1v) is 8.42. The summed E-state index contributed by atoms with van der Waals surface area (Å²) in [6, 6.07) is 11.6. The Morgan fingerprint density at radius 1 is 1.04 bits per heavy atom. The molecule has 2 aromatic rings. The molecule has 2 atom stereocenters. The number of nitrogens with one attached hydrogen (secondary N) is 1. The number of rotatable bonds is 3. The first kappa shape index (κ1) is 15.8. The van der Waals surface area contributed by atoms with Gasteiger partial charge in [-0.25, -0.2) is 0 Å². The number of nitrogens with zero attached hydrogens (tertiary/aromatic N) is 1. The summed E-state index contributed by atoms with van der Waals surface area (Å²) in [6.45, 7) is 1.81. The summed E-state index contributed by atoms with van der Waals surface area (Å²) in [5.41, 5.74) is 1.88. The lowest BCUT2D eigenvalue weighted by Crippen LogP contribution is -2.42. The number of hydrogen-bond acceptors (Lipinski definition) is 5. The van der Waals surface area contributed by atoms with Crippen LogP contribution in [0.5, 0.6) is 11.5 Å². The minimum absolute atomic E-state index is 0.0853. The van der Waals surface area contributed by atoms with Crippen molar-refractivity contribution < 1.29 is 19.7 Å². The number of aromatic hydroxyl groups is 2. The van der Waals surface area contributed by atoms with E-state index in [4.69, 9.17) is 4.74 Å². The quantitative estimate of drug-likeness (QED) is 0.800. The molecule has 25 heavy (non-hydrogen) atoms. The van der Waals surface area contributed by atoms with Gasteiger partial charge in [-0.15, -0.1) is 0 Å². The molecule has 2 saturated heterocycles. The number of amides is 1. The van der Waals surface area contributed by atoms with E-state index in [9.17, 15) is 15.0 Å². The zero-order chi connectivity index (χ0) is 17.4. The number of phenols is 2. The average Bonchev–Trinajstić information content (AvgIpc) is 2.93. The predicted octanol–water partition coefficient (Wildman–Crippen LogP) is 2.72. The molecule has 4 rings (SSSR count). The number of carbonyl (C=O) groups is 1. The second-order valence-corrected chi connectivity index (χ2v) is 6.56. The Kier molecular flexibility index (Phi) is 3.97. The van der Waals surface area contributed by atoms with Crippen LogP contribution in [0.2, 0.25) is 0 Å². The molecule has 2 aromatic carbocycles. The number of hydrogen-bond donors (Lipinski definition) is 3. The Balaban J connectivity index is 1.44. The maximum Gasteiger partial charge on any atom is 0.259 e. The summed E-state index contributed by atoms with van der Waals surface area (Å²) < 4.78 is 5.85. The normalized spacial score (nSPS) is 22.0. The number of carbonyl (C=O) groups excluding carboxylic acids is 1. The molecule has 0 aliphatic carbocycles. The highest BCUT2D eigenvalue weighted by Crippen LogP contribution is 2.30. The number of ether oxygens (including phenoxy) is 1. The molecule has 6 heteroatoms. The van der Waals surface area contributed by atoms with E-state index < -0.39 is 5.91 Å². The zero-order valence-electron chi connectivity index (χ0n) is 13.7. The molecule has 2 aliphatic rings. The molecule has 6 nitrogen and oxygen atoms in total. The molecule has 2 fully saturated rings. The molecule has 3 N–H and O–H groups in total. The smallest absolute Gasteiger partial charge is 0.259 e. The van der Waals surface area contributed by atoms with Gasteiger partial charge in [0.25, 0.3) is 5.91 Å². The van der Waals surface area contributed by atoms with E-state index in [-0.39, 0.29) is 17.1 Å². The SMILES string of the molecule is O=C(Nc1ccc(N2CC3CCC(C2)O3)cc1)c1ccc(O)cc1O. The molecule has 2 aliphatic heterocycles. The number of morpholine rings is 1. The average molecular weight is 340 g/mol. The van der Waals surface area contributed by atoms with Gasteiger partial charge in [-0.2, -0.15) is 0 Å². The molecule has 0 saturated carbocycles. The Bertz CT molecular complexity index is 779. The van der Waals surface area contributed by atoms with Gasteiger partial charge in [0.15, 0.2) is 0 Å². The Hall–Kier alpha value is -2.73. The fourth-order valence-electron chi connectivity index (χ4n) is 3.49. The highest BCUT2D eigenvalue weighted by molar-refractivity contribution is 6.06. The molecular weight excluding hydrogens is 320 g/mol. The zero-order valence-corrected chi connectivity index (χ0v) is 13.7. The third kappa shape index (κ3) is 3.25. The maximum absolute atomic E-state index is 12.2. The maximum atomic E-state index is 12.2. The van der Waals surface area contributed by atoms with Crippen molar-refractivity contribution in [2.75, 3.05) is 23.3 Å². The summed E-state index contributed by atoms with van der Waals surface area (Å²) >= 11 is 0. The molecule has 2 unspecified atom stereocenters. The summed E-state index contributed by atoms with van der Waals surface area (Å²) in [5, 5.41) is 21.8. The van der Waals surface area contributed by atoms with Gasteiger partial charge in [0, 0.05) is 30.5 Å². The fourth-order valence-corrected chi connectivity index (χ4v) is 3.49. The molecule has 130 valence electrons. The summed E-state index contributed by atoms with van der Waals surface area (Å²) in [5.74, 6) is -0.759. The van der Waals surface area contributed by atoms with Crippen molar-refractivity contribution in [1.82, 2.24) is 0 Å². The lowest BCUT2D eigenvalue weighted by atomic mass is 10.1. The van der Waals surface area contributed by atoms with Crippen LogP contribution in [0, 0.1) is 0 Å². The number of fused-ring (bicyclic) bond motifs is 2. The van der Waals surface area contributed by atoms with Gasteiger partial charge in [-0.3, -0.25) is 4.79 Å². The first-order chi connectivity index (χ1) is 12.1. The molecule has 0 radical (unpaired) electrons. The van der Waals surface area contributed by atoms with Crippen LogP contribution in [-0.2, 0) is 4.74 Å². The lowest BCUT2D eigenvalue weighted by molar-refractivity contribution is 0.0305. The van der Waals surface area contributed by atoms with Crippen molar-refractivity contribution >= 4 is 17.3 Å². The van der Waals surface area contributed by atoms with Crippen LogP contribution in [0.1, 0.15) is 23.2 Å². The van der Waals surface area contributed by atoms with Crippen molar-refractivity contribution in [3.05, 3.63) is 48.0 Å². The van der Waals surface area contributed by atoms with Crippen LogP contribution in [-0.4, -0.2) is 41.4 Å². The molecule has 2 heterocycles. The van der Waals surface area contributed by atoms with Crippen molar-refractivity contribution in [3.63, 3.8) is 0 Å². The molecule has 1 amide bonds. The van der Waals surface area contributed by atoms with Crippen LogP contribution >= 0.6 is 0 Å². The number of phenolic OH excluding ortho intramolecular Hbond substituents is 2. The second kappa shape index (κ2) is 6.29. The van der Waals surface area contributed by atoms with Crippen molar-refractivity contribution in [2.24, 2.45) is 0 Å². The minimum atomic E-state index is -0.422. The summed E-state index contributed by atoms with van der Waals surface area (Å²) in [7, 11) is 0. The van der Waals surface area contributed by atoms with E-state index >= 15 is 0 Å². The lowest BCUT2D eigenvalue weighted by Gasteiger charge is -2.33. The van der Waals surface area contributed by atoms with Crippen LogP contribution in [0.4, 0.5) is 11.4 Å². The largest absolute Gasteiger partial charge is 0.508 e. The van der Waals surface area contributed by atoms with Crippen LogP contribution < -0.4 is 10.2 Å². The highest BCUT2D eigenvalue weighted by atomic mass is 16.5. The van der Waals surface area contributed by atoms with Gasteiger partial charge in [-0.1, -0.05) is 0 Å². The Labute approximate surface area is 145 Å². The van der Waals surface area contributed by atoms with E-state index in [0.717, 1.165) is 37.7 Å². The van der Waals surface area contributed by atoms with Gasteiger partial charge in [-0.05, 0) is 49.2 Å². The number of anilines is 2. The minimum Gasteiger partial charge on any atom is -0.508 e. The van der Waals surface area contributed by atoms with Crippen LogP contribution in [0.25, 0.3) is 0 Å². The summed E-state index contributed by atoms with van der Waals surface area (Å²) in [4.78, 5) is 14.6. The Morgan fingerprint density at radius 3 is 2.36 bits per heavy atom. The topological polar surface area (TPSA) is 82.0 Å². The summed E-state index contributed by atoms with van der Waals surface area (Å²) in [6.07, 6.45) is 2.92. The van der Waals surface area contributed by atoms with E-state index in [1.165, 1.54) is 12.1 Å². The second-order valence-electron chi connectivity index (χ2n) is 6.56. The van der Waals surface area contributed by atoms with Gasteiger partial charge < -0.3 is 25.2 Å². The van der Waals surface area contributed by atoms with Crippen LogP contribution in [0.15, 0.2) is 42.5 Å².